The number of nitrogen functional groups attached to an aromatic ring is 1. The molecule has 0 atom stereocenters. The highest BCUT2D eigenvalue weighted by atomic mass is 16.3. The molecule has 98 valence electrons. The van der Waals surface area contributed by atoms with Crippen molar-refractivity contribution < 1.29 is 9.90 Å². The maximum Gasteiger partial charge on any atom is 0.255 e. The van der Waals surface area contributed by atoms with Gasteiger partial charge < -0.3 is 16.2 Å². The van der Waals surface area contributed by atoms with Crippen molar-refractivity contribution in [3.05, 3.63) is 23.8 Å². The molecule has 0 saturated heterocycles. The Balaban J connectivity index is 2.03. The van der Waals surface area contributed by atoms with E-state index < -0.39 is 0 Å². The van der Waals surface area contributed by atoms with Crippen LogP contribution in [0.4, 0.5) is 5.69 Å². The van der Waals surface area contributed by atoms with Crippen molar-refractivity contribution >= 4 is 11.6 Å². The van der Waals surface area contributed by atoms with E-state index >= 15 is 0 Å². The van der Waals surface area contributed by atoms with E-state index in [1.807, 2.05) is 0 Å². The zero-order chi connectivity index (χ0) is 13.3. The van der Waals surface area contributed by atoms with Crippen molar-refractivity contribution in [2.45, 2.75) is 26.7 Å². The van der Waals surface area contributed by atoms with Crippen LogP contribution in [0, 0.1) is 11.3 Å². The van der Waals surface area contributed by atoms with E-state index in [1.54, 1.807) is 18.2 Å². The van der Waals surface area contributed by atoms with Crippen molar-refractivity contribution in [3.63, 3.8) is 0 Å². The number of phenols is 1. The Morgan fingerprint density at radius 1 is 1.50 bits per heavy atom. The van der Waals surface area contributed by atoms with Crippen molar-refractivity contribution in [2.24, 2.45) is 11.3 Å². The zero-order valence-corrected chi connectivity index (χ0v) is 10.9. The quantitative estimate of drug-likeness (QED) is 0.564. The normalized spacial score (nSPS) is 16.6. The summed E-state index contributed by atoms with van der Waals surface area (Å²) in [5.41, 5.74) is 6.30. The summed E-state index contributed by atoms with van der Waals surface area (Å²) in [6, 6.07) is 4.82. The molecule has 1 aromatic carbocycles. The third-order valence-electron chi connectivity index (χ3n) is 4.03. The maximum absolute atomic E-state index is 12.0. The molecule has 1 aliphatic carbocycles. The Morgan fingerprint density at radius 3 is 2.72 bits per heavy atom. The minimum absolute atomic E-state index is 0.135. The topological polar surface area (TPSA) is 75.4 Å². The van der Waals surface area contributed by atoms with Crippen LogP contribution in [-0.2, 0) is 0 Å². The van der Waals surface area contributed by atoms with E-state index in [4.69, 9.17) is 5.73 Å². The van der Waals surface area contributed by atoms with E-state index in [0.29, 0.717) is 12.5 Å². The van der Waals surface area contributed by atoms with Crippen molar-refractivity contribution in [1.29, 1.82) is 0 Å². The largest absolute Gasteiger partial charge is 0.505 e. The number of benzene rings is 1. The van der Waals surface area contributed by atoms with Crippen molar-refractivity contribution in [2.75, 3.05) is 12.3 Å². The molecule has 2 rings (SSSR count). The van der Waals surface area contributed by atoms with E-state index in [9.17, 15) is 9.90 Å². The molecule has 0 aliphatic heterocycles. The molecule has 0 radical (unpaired) electrons. The van der Waals surface area contributed by atoms with Gasteiger partial charge in [-0.1, -0.05) is 19.9 Å². The Morgan fingerprint density at radius 2 is 2.17 bits per heavy atom. The Kier molecular flexibility index (Phi) is 3.20. The van der Waals surface area contributed by atoms with E-state index in [1.165, 1.54) is 0 Å². The zero-order valence-electron chi connectivity index (χ0n) is 10.9. The maximum atomic E-state index is 12.0. The molecule has 0 aromatic heterocycles. The van der Waals surface area contributed by atoms with Gasteiger partial charge in [-0.2, -0.15) is 0 Å². The van der Waals surface area contributed by atoms with Crippen LogP contribution < -0.4 is 11.1 Å². The Labute approximate surface area is 107 Å². The predicted molar refractivity (Wildman–Crippen MR) is 71.4 cm³/mol. The minimum Gasteiger partial charge on any atom is -0.505 e. The van der Waals surface area contributed by atoms with E-state index in [0.717, 1.165) is 12.8 Å². The molecule has 1 fully saturated rings. The molecule has 4 N–H and O–H groups in total. The predicted octanol–water partition coefficient (Wildman–Crippen LogP) is 2.14. The van der Waals surface area contributed by atoms with Gasteiger partial charge in [0.15, 0.2) is 5.75 Å². The second-order valence-corrected chi connectivity index (χ2v) is 5.44. The number of carbonyl (C=O) groups is 1. The fourth-order valence-electron chi connectivity index (χ4n) is 2.21. The highest BCUT2D eigenvalue weighted by Gasteiger charge is 2.45. The molecule has 0 spiro atoms. The summed E-state index contributed by atoms with van der Waals surface area (Å²) in [4.78, 5) is 12.0. The lowest BCUT2D eigenvalue weighted by atomic mass is 9.92. The molecule has 1 amide bonds. The van der Waals surface area contributed by atoms with Crippen LogP contribution in [0.25, 0.3) is 0 Å². The highest BCUT2D eigenvalue weighted by molar-refractivity contribution is 5.98. The molecule has 4 heteroatoms. The standard InChI is InChI=1S/C14H20N2O2/c1-9(2)14(6-7-14)8-16-13(18)10-4-3-5-11(15)12(10)17/h3-5,9,17H,6-8,15H2,1-2H3,(H,16,18). The number of anilines is 1. The lowest BCUT2D eigenvalue weighted by Gasteiger charge is -2.20. The summed E-state index contributed by atoms with van der Waals surface area (Å²) in [5.74, 6) is 0.170. The van der Waals surface area contributed by atoms with Crippen LogP contribution in [0.3, 0.4) is 0 Å². The van der Waals surface area contributed by atoms with Gasteiger partial charge in [0, 0.05) is 6.54 Å². The van der Waals surface area contributed by atoms with Gasteiger partial charge >= 0.3 is 0 Å². The number of aromatic hydroxyl groups is 1. The van der Waals surface area contributed by atoms with Crippen LogP contribution in [0.1, 0.15) is 37.0 Å². The number of nitrogens with two attached hydrogens (primary N) is 1. The molecular weight excluding hydrogens is 228 g/mol. The highest BCUT2D eigenvalue weighted by Crippen LogP contribution is 2.51. The first-order valence-corrected chi connectivity index (χ1v) is 6.32. The van der Waals surface area contributed by atoms with Gasteiger partial charge in [-0.15, -0.1) is 0 Å². The van der Waals surface area contributed by atoms with Crippen LogP contribution >= 0.6 is 0 Å². The summed E-state index contributed by atoms with van der Waals surface area (Å²) in [6.07, 6.45) is 2.32. The van der Waals surface area contributed by atoms with Gasteiger partial charge in [0.05, 0.1) is 11.3 Å². The number of nitrogens with one attached hydrogen (secondary N) is 1. The number of rotatable bonds is 4. The molecule has 4 nitrogen and oxygen atoms in total. The van der Waals surface area contributed by atoms with E-state index in [-0.39, 0.29) is 28.3 Å². The molecule has 1 aromatic rings. The van der Waals surface area contributed by atoms with Gasteiger partial charge in [-0.25, -0.2) is 0 Å². The summed E-state index contributed by atoms with van der Waals surface area (Å²) in [7, 11) is 0. The fraction of sp³-hybridized carbons (Fsp3) is 0.500. The first-order chi connectivity index (χ1) is 8.46. The second-order valence-electron chi connectivity index (χ2n) is 5.44. The van der Waals surface area contributed by atoms with Gasteiger partial charge in [0.1, 0.15) is 0 Å². The summed E-state index contributed by atoms with van der Waals surface area (Å²) in [6.45, 7) is 5.02. The van der Waals surface area contributed by atoms with E-state index in [2.05, 4.69) is 19.2 Å². The van der Waals surface area contributed by atoms with Crippen LogP contribution in [-0.4, -0.2) is 17.6 Å². The molecular formula is C14H20N2O2. The summed E-state index contributed by atoms with van der Waals surface area (Å²) >= 11 is 0. The molecule has 0 heterocycles. The Bertz CT molecular complexity index is 465. The minimum atomic E-state index is -0.258. The molecule has 18 heavy (non-hydrogen) atoms. The first kappa shape index (κ1) is 12.7. The number of amides is 1. The summed E-state index contributed by atoms with van der Waals surface area (Å²) < 4.78 is 0. The number of phenolic OH excluding ortho intramolecular Hbond substituents is 1. The van der Waals surface area contributed by atoms with Crippen molar-refractivity contribution in [1.82, 2.24) is 5.32 Å². The average Bonchev–Trinajstić information content (AvgIpc) is 3.11. The van der Waals surface area contributed by atoms with Crippen LogP contribution in [0.2, 0.25) is 0 Å². The number of hydrogen-bond donors (Lipinski definition) is 3. The second kappa shape index (κ2) is 4.52. The monoisotopic (exact) mass is 248 g/mol. The summed E-state index contributed by atoms with van der Waals surface area (Å²) in [5, 5.41) is 12.6. The fourth-order valence-corrected chi connectivity index (χ4v) is 2.21. The van der Waals surface area contributed by atoms with Crippen LogP contribution in [0.15, 0.2) is 18.2 Å². The van der Waals surface area contributed by atoms with Gasteiger partial charge in [0.2, 0.25) is 0 Å². The lowest BCUT2D eigenvalue weighted by Crippen LogP contribution is -2.32. The molecule has 0 bridgehead atoms. The molecule has 1 aliphatic rings. The van der Waals surface area contributed by atoms with Gasteiger partial charge in [-0.3, -0.25) is 4.79 Å². The van der Waals surface area contributed by atoms with Crippen molar-refractivity contribution in [3.8, 4) is 5.75 Å². The Hall–Kier alpha value is -1.71. The number of hydrogen-bond acceptors (Lipinski definition) is 3. The number of para-hydroxylation sites is 1. The third kappa shape index (κ3) is 2.28. The molecule has 0 unspecified atom stereocenters. The van der Waals surface area contributed by atoms with Gasteiger partial charge in [-0.05, 0) is 36.3 Å². The van der Waals surface area contributed by atoms with Crippen LogP contribution in [0.5, 0.6) is 5.75 Å². The smallest absolute Gasteiger partial charge is 0.255 e. The van der Waals surface area contributed by atoms with Gasteiger partial charge in [0.25, 0.3) is 5.91 Å². The first-order valence-electron chi connectivity index (χ1n) is 6.32. The lowest BCUT2D eigenvalue weighted by molar-refractivity contribution is 0.0937. The molecule has 1 saturated carbocycles. The third-order valence-corrected chi connectivity index (χ3v) is 4.03. The number of carbonyl (C=O) groups excluding carboxylic acids is 1. The SMILES string of the molecule is CC(C)C1(CNC(=O)c2cccc(N)c2O)CC1. The average molecular weight is 248 g/mol.